The maximum Gasteiger partial charge on any atom is 0.227 e. The van der Waals surface area contributed by atoms with Crippen LogP contribution >= 0.6 is 0 Å². The molecule has 1 atom stereocenters. The Bertz CT molecular complexity index is 431. The van der Waals surface area contributed by atoms with Crippen LogP contribution in [0.1, 0.15) is 24.3 Å². The molecule has 4 nitrogen and oxygen atoms in total. The van der Waals surface area contributed by atoms with E-state index in [0.29, 0.717) is 0 Å². The van der Waals surface area contributed by atoms with Gasteiger partial charge in [0.05, 0.1) is 5.92 Å². The van der Waals surface area contributed by atoms with Crippen molar-refractivity contribution in [2.24, 2.45) is 0 Å². The van der Waals surface area contributed by atoms with Crippen molar-refractivity contribution in [1.29, 1.82) is 0 Å². The first kappa shape index (κ1) is 13.9. The van der Waals surface area contributed by atoms with Gasteiger partial charge in [-0.2, -0.15) is 0 Å². The fraction of sp³-hybridized carbons (Fsp3) is 0.533. The van der Waals surface area contributed by atoms with Crippen molar-refractivity contribution in [3.05, 3.63) is 29.8 Å². The number of carbonyl (C=O) groups excluding carboxylic acids is 1. The standard InChI is InChI=1S/C15H23N3O/c1-18(2)11-5-9-17-15(19)13-8-10-16-14-7-4-3-6-12(13)14/h3-4,6-7,13,16H,5,8-11H2,1-2H3,(H,17,19). The summed E-state index contributed by atoms with van der Waals surface area (Å²) >= 11 is 0. The Balaban J connectivity index is 1.90. The van der Waals surface area contributed by atoms with Gasteiger partial charge in [0.15, 0.2) is 0 Å². The maximum absolute atomic E-state index is 12.3. The molecule has 1 aliphatic rings. The number of para-hydroxylation sites is 1. The fourth-order valence-corrected chi connectivity index (χ4v) is 2.47. The summed E-state index contributed by atoms with van der Waals surface area (Å²) in [5.74, 6) is 0.157. The number of hydrogen-bond acceptors (Lipinski definition) is 3. The number of rotatable bonds is 5. The second-order valence-corrected chi connectivity index (χ2v) is 5.30. The van der Waals surface area contributed by atoms with Gasteiger partial charge in [0.25, 0.3) is 0 Å². The third kappa shape index (κ3) is 3.70. The van der Waals surface area contributed by atoms with Gasteiger partial charge in [0, 0.05) is 18.8 Å². The molecule has 0 fully saturated rings. The van der Waals surface area contributed by atoms with E-state index in [1.54, 1.807) is 0 Å². The van der Waals surface area contributed by atoms with Crippen molar-refractivity contribution in [1.82, 2.24) is 10.2 Å². The molecule has 2 N–H and O–H groups in total. The third-order valence-corrected chi connectivity index (χ3v) is 3.48. The first-order valence-electron chi connectivity index (χ1n) is 6.93. The zero-order valence-corrected chi connectivity index (χ0v) is 11.8. The van der Waals surface area contributed by atoms with E-state index in [1.165, 1.54) is 0 Å². The Labute approximate surface area is 115 Å². The third-order valence-electron chi connectivity index (χ3n) is 3.48. The first-order chi connectivity index (χ1) is 9.18. The van der Waals surface area contributed by atoms with E-state index in [2.05, 4.69) is 15.5 Å². The van der Waals surface area contributed by atoms with Crippen LogP contribution in [0.3, 0.4) is 0 Å². The van der Waals surface area contributed by atoms with E-state index in [1.807, 2.05) is 38.4 Å². The topological polar surface area (TPSA) is 44.4 Å². The molecule has 0 aromatic heterocycles. The van der Waals surface area contributed by atoms with Gasteiger partial charge < -0.3 is 15.5 Å². The molecule has 1 amide bonds. The molecule has 0 bridgehead atoms. The number of benzene rings is 1. The van der Waals surface area contributed by atoms with Gasteiger partial charge >= 0.3 is 0 Å². The lowest BCUT2D eigenvalue weighted by Gasteiger charge is -2.26. The maximum atomic E-state index is 12.3. The highest BCUT2D eigenvalue weighted by atomic mass is 16.1. The molecular formula is C15H23N3O. The minimum atomic E-state index is -0.00296. The van der Waals surface area contributed by atoms with Crippen molar-refractivity contribution in [3.63, 3.8) is 0 Å². The Morgan fingerprint density at radius 1 is 1.42 bits per heavy atom. The van der Waals surface area contributed by atoms with Crippen LogP contribution in [0.15, 0.2) is 24.3 Å². The molecule has 1 aromatic rings. The lowest BCUT2D eigenvalue weighted by Crippen LogP contribution is -2.34. The lowest BCUT2D eigenvalue weighted by atomic mass is 9.90. The Morgan fingerprint density at radius 3 is 3.00 bits per heavy atom. The largest absolute Gasteiger partial charge is 0.385 e. The van der Waals surface area contributed by atoms with Gasteiger partial charge in [-0.3, -0.25) is 4.79 Å². The minimum Gasteiger partial charge on any atom is -0.385 e. The van der Waals surface area contributed by atoms with Crippen LogP contribution in [0.4, 0.5) is 5.69 Å². The molecule has 1 heterocycles. The molecule has 0 saturated carbocycles. The monoisotopic (exact) mass is 261 g/mol. The van der Waals surface area contributed by atoms with Crippen molar-refractivity contribution in [2.75, 3.05) is 39.0 Å². The summed E-state index contributed by atoms with van der Waals surface area (Å²) in [6.45, 7) is 2.62. The van der Waals surface area contributed by atoms with Gasteiger partial charge in [-0.25, -0.2) is 0 Å². The van der Waals surface area contributed by atoms with Crippen molar-refractivity contribution >= 4 is 11.6 Å². The fourth-order valence-electron chi connectivity index (χ4n) is 2.47. The summed E-state index contributed by atoms with van der Waals surface area (Å²) in [5, 5.41) is 6.40. The highest BCUT2D eigenvalue weighted by Crippen LogP contribution is 2.31. The van der Waals surface area contributed by atoms with E-state index in [-0.39, 0.29) is 11.8 Å². The lowest BCUT2D eigenvalue weighted by molar-refractivity contribution is -0.122. The van der Waals surface area contributed by atoms with Crippen LogP contribution in [0.25, 0.3) is 0 Å². The van der Waals surface area contributed by atoms with E-state index >= 15 is 0 Å². The average Bonchev–Trinajstić information content (AvgIpc) is 2.42. The van der Waals surface area contributed by atoms with Crippen LogP contribution < -0.4 is 10.6 Å². The summed E-state index contributed by atoms with van der Waals surface area (Å²) in [7, 11) is 4.09. The summed E-state index contributed by atoms with van der Waals surface area (Å²) in [6.07, 6.45) is 1.86. The van der Waals surface area contributed by atoms with Crippen molar-refractivity contribution in [3.8, 4) is 0 Å². The molecule has 0 saturated heterocycles. The van der Waals surface area contributed by atoms with E-state index < -0.39 is 0 Å². The number of hydrogen-bond donors (Lipinski definition) is 2. The molecule has 0 spiro atoms. The number of anilines is 1. The molecule has 4 heteroatoms. The molecule has 0 radical (unpaired) electrons. The quantitative estimate of drug-likeness (QED) is 0.792. The zero-order valence-electron chi connectivity index (χ0n) is 11.8. The summed E-state index contributed by atoms with van der Waals surface area (Å²) < 4.78 is 0. The predicted molar refractivity (Wildman–Crippen MR) is 78.5 cm³/mol. The van der Waals surface area contributed by atoms with Gasteiger partial charge in [-0.1, -0.05) is 18.2 Å². The molecule has 104 valence electrons. The van der Waals surface area contributed by atoms with Gasteiger partial charge in [-0.05, 0) is 45.1 Å². The molecule has 1 aromatic carbocycles. The van der Waals surface area contributed by atoms with Crippen molar-refractivity contribution < 1.29 is 4.79 Å². The minimum absolute atomic E-state index is 0.00296. The van der Waals surface area contributed by atoms with Crippen LogP contribution in [-0.4, -0.2) is 44.5 Å². The van der Waals surface area contributed by atoms with E-state index in [9.17, 15) is 4.79 Å². The second-order valence-electron chi connectivity index (χ2n) is 5.30. The number of amides is 1. The number of carbonyl (C=O) groups is 1. The average molecular weight is 261 g/mol. The molecule has 19 heavy (non-hydrogen) atoms. The number of nitrogens with one attached hydrogen (secondary N) is 2. The zero-order chi connectivity index (χ0) is 13.7. The van der Waals surface area contributed by atoms with E-state index in [4.69, 9.17) is 0 Å². The highest BCUT2D eigenvalue weighted by molar-refractivity contribution is 5.86. The Hall–Kier alpha value is -1.55. The predicted octanol–water partition coefficient (Wildman–Crippen LogP) is 1.65. The smallest absolute Gasteiger partial charge is 0.227 e. The van der Waals surface area contributed by atoms with Gasteiger partial charge in [0.1, 0.15) is 0 Å². The Morgan fingerprint density at radius 2 is 2.21 bits per heavy atom. The normalized spacial score (nSPS) is 17.7. The van der Waals surface area contributed by atoms with E-state index in [0.717, 1.165) is 43.7 Å². The Kier molecular flexibility index (Phi) is 4.80. The molecule has 1 aliphatic heterocycles. The molecule has 1 unspecified atom stereocenters. The van der Waals surface area contributed by atoms with Gasteiger partial charge in [-0.15, -0.1) is 0 Å². The number of fused-ring (bicyclic) bond motifs is 1. The van der Waals surface area contributed by atoms with Crippen LogP contribution in [0.2, 0.25) is 0 Å². The highest BCUT2D eigenvalue weighted by Gasteiger charge is 2.25. The molecule has 0 aliphatic carbocycles. The number of nitrogens with zero attached hydrogens (tertiary/aromatic N) is 1. The van der Waals surface area contributed by atoms with Crippen LogP contribution in [0, 0.1) is 0 Å². The SMILES string of the molecule is CN(C)CCCNC(=O)C1CCNc2ccccc21. The van der Waals surface area contributed by atoms with Crippen LogP contribution in [-0.2, 0) is 4.79 Å². The van der Waals surface area contributed by atoms with Crippen molar-refractivity contribution in [2.45, 2.75) is 18.8 Å². The summed E-state index contributed by atoms with van der Waals surface area (Å²) in [6, 6.07) is 8.09. The van der Waals surface area contributed by atoms with Crippen LogP contribution in [0.5, 0.6) is 0 Å². The molecular weight excluding hydrogens is 238 g/mol. The second kappa shape index (κ2) is 6.57. The summed E-state index contributed by atoms with van der Waals surface area (Å²) in [4.78, 5) is 14.4. The first-order valence-corrected chi connectivity index (χ1v) is 6.93. The molecule has 2 rings (SSSR count). The van der Waals surface area contributed by atoms with Gasteiger partial charge in [0.2, 0.25) is 5.91 Å². The summed E-state index contributed by atoms with van der Waals surface area (Å²) in [5.41, 5.74) is 2.22.